The molecule has 0 bridgehead atoms. The van der Waals surface area contributed by atoms with Gasteiger partial charge in [0.05, 0.1) is 16.8 Å². The van der Waals surface area contributed by atoms with E-state index in [-0.39, 0.29) is 11.3 Å². The summed E-state index contributed by atoms with van der Waals surface area (Å²) in [6.07, 6.45) is 0.545. The number of aromatic nitrogens is 1. The van der Waals surface area contributed by atoms with Crippen LogP contribution in [0, 0.1) is 5.82 Å². The van der Waals surface area contributed by atoms with Gasteiger partial charge in [-0.1, -0.05) is 0 Å². The SMILES string of the molecule is CC(C=NC(=O)OC(C)(C)C)c1nc2ccc(F)cc2c(=O)o1. The minimum Gasteiger partial charge on any atom is -0.442 e. The van der Waals surface area contributed by atoms with Gasteiger partial charge >= 0.3 is 11.7 Å². The van der Waals surface area contributed by atoms with Crippen molar-refractivity contribution in [3.63, 3.8) is 0 Å². The van der Waals surface area contributed by atoms with Crippen molar-refractivity contribution in [2.45, 2.75) is 39.2 Å². The summed E-state index contributed by atoms with van der Waals surface area (Å²) < 4.78 is 23.2. The fourth-order valence-electron chi connectivity index (χ4n) is 1.78. The molecule has 1 aromatic carbocycles. The monoisotopic (exact) mass is 320 g/mol. The average molecular weight is 320 g/mol. The lowest BCUT2D eigenvalue weighted by Crippen LogP contribution is -2.22. The number of fused-ring (bicyclic) bond motifs is 1. The van der Waals surface area contributed by atoms with Crippen LogP contribution in [0.4, 0.5) is 9.18 Å². The third kappa shape index (κ3) is 4.45. The summed E-state index contributed by atoms with van der Waals surface area (Å²) >= 11 is 0. The number of ether oxygens (including phenoxy) is 1. The Morgan fingerprint density at radius 3 is 2.78 bits per heavy atom. The zero-order chi connectivity index (χ0) is 17.2. The Labute approximate surface area is 132 Å². The molecular weight excluding hydrogens is 303 g/mol. The minimum atomic E-state index is -0.741. The Balaban J connectivity index is 2.25. The summed E-state index contributed by atoms with van der Waals surface area (Å²) in [7, 11) is 0. The van der Waals surface area contributed by atoms with Gasteiger partial charge in [-0.2, -0.15) is 4.99 Å². The van der Waals surface area contributed by atoms with Gasteiger partial charge in [-0.25, -0.2) is 19.0 Å². The molecule has 1 atom stereocenters. The summed E-state index contributed by atoms with van der Waals surface area (Å²) in [5.41, 5.74) is -1.02. The Morgan fingerprint density at radius 1 is 1.43 bits per heavy atom. The number of rotatable bonds is 2. The molecule has 0 saturated carbocycles. The molecule has 0 aliphatic rings. The van der Waals surface area contributed by atoms with Crippen LogP contribution < -0.4 is 5.63 Å². The van der Waals surface area contributed by atoms with E-state index in [9.17, 15) is 14.0 Å². The minimum absolute atomic E-state index is 0.0602. The molecule has 0 radical (unpaired) electrons. The second-order valence-electron chi connectivity index (χ2n) is 6.05. The number of carbonyl (C=O) groups excluding carboxylic acids is 1. The second kappa shape index (κ2) is 6.28. The van der Waals surface area contributed by atoms with Gasteiger partial charge in [0.25, 0.3) is 0 Å². The molecule has 1 heterocycles. The van der Waals surface area contributed by atoms with E-state index in [0.717, 1.165) is 6.07 Å². The highest BCUT2D eigenvalue weighted by atomic mass is 19.1. The molecule has 122 valence electrons. The zero-order valence-electron chi connectivity index (χ0n) is 13.3. The van der Waals surface area contributed by atoms with Gasteiger partial charge in [-0.05, 0) is 45.9 Å². The number of halogens is 1. The quantitative estimate of drug-likeness (QED) is 0.792. The molecule has 7 heteroatoms. The number of amides is 1. The van der Waals surface area contributed by atoms with Crippen molar-refractivity contribution in [1.82, 2.24) is 4.98 Å². The van der Waals surface area contributed by atoms with Gasteiger partial charge in [0, 0.05) is 6.21 Å². The third-order valence-corrected chi connectivity index (χ3v) is 2.79. The molecule has 0 aliphatic heterocycles. The largest absolute Gasteiger partial charge is 0.442 e. The van der Waals surface area contributed by atoms with E-state index in [1.807, 2.05) is 0 Å². The van der Waals surface area contributed by atoms with Crippen molar-refractivity contribution in [3.05, 3.63) is 40.3 Å². The normalized spacial score (nSPS) is 13.4. The van der Waals surface area contributed by atoms with Crippen molar-refractivity contribution in [1.29, 1.82) is 0 Å². The number of hydrogen-bond acceptors (Lipinski definition) is 5. The Hall–Kier alpha value is -2.57. The molecule has 0 aliphatic carbocycles. The zero-order valence-corrected chi connectivity index (χ0v) is 13.3. The number of aliphatic imine (C=N–C) groups is 1. The lowest BCUT2D eigenvalue weighted by atomic mass is 10.2. The summed E-state index contributed by atoms with van der Waals surface area (Å²) in [6.45, 7) is 6.85. The van der Waals surface area contributed by atoms with Crippen LogP contribution >= 0.6 is 0 Å². The molecule has 2 aromatic rings. The smallest absolute Gasteiger partial charge is 0.433 e. The van der Waals surface area contributed by atoms with Gasteiger partial charge < -0.3 is 9.15 Å². The number of nitrogens with zero attached hydrogens (tertiary/aromatic N) is 2. The predicted molar refractivity (Wildman–Crippen MR) is 83.4 cm³/mol. The Kier molecular flexibility index (Phi) is 4.58. The van der Waals surface area contributed by atoms with Crippen LogP contribution in [-0.2, 0) is 4.74 Å². The van der Waals surface area contributed by atoms with E-state index in [1.165, 1.54) is 18.3 Å². The van der Waals surface area contributed by atoms with Crippen LogP contribution in [0.1, 0.15) is 39.5 Å². The van der Waals surface area contributed by atoms with E-state index in [4.69, 9.17) is 9.15 Å². The van der Waals surface area contributed by atoms with Crippen molar-refractivity contribution in [2.75, 3.05) is 0 Å². The van der Waals surface area contributed by atoms with Crippen LogP contribution in [0.3, 0.4) is 0 Å². The maximum Gasteiger partial charge on any atom is 0.433 e. The first kappa shape index (κ1) is 16.8. The first-order valence-electron chi connectivity index (χ1n) is 7.03. The summed E-state index contributed by atoms with van der Waals surface area (Å²) in [6, 6.07) is 3.66. The Morgan fingerprint density at radius 2 is 2.13 bits per heavy atom. The second-order valence-corrected chi connectivity index (χ2v) is 6.05. The van der Waals surface area contributed by atoms with E-state index in [2.05, 4.69) is 9.98 Å². The van der Waals surface area contributed by atoms with Crippen LogP contribution in [0.25, 0.3) is 10.9 Å². The van der Waals surface area contributed by atoms with Crippen LogP contribution in [0.15, 0.2) is 32.4 Å². The van der Waals surface area contributed by atoms with Crippen LogP contribution in [-0.4, -0.2) is 22.9 Å². The molecule has 23 heavy (non-hydrogen) atoms. The summed E-state index contributed by atoms with van der Waals surface area (Å²) in [4.78, 5) is 31.2. The number of hydrogen-bond donors (Lipinski definition) is 0. The van der Waals surface area contributed by atoms with Gasteiger partial charge in [0.2, 0.25) is 5.89 Å². The number of carbonyl (C=O) groups is 1. The van der Waals surface area contributed by atoms with Gasteiger partial charge in [0.1, 0.15) is 11.4 Å². The predicted octanol–water partition coefficient (Wildman–Crippen LogP) is 3.44. The van der Waals surface area contributed by atoms with Crippen molar-refractivity contribution in [3.8, 4) is 0 Å². The van der Waals surface area contributed by atoms with Crippen LogP contribution in [0.2, 0.25) is 0 Å². The molecule has 1 unspecified atom stereocenters. The highest BCUT2D eigenvalue weighted by Crippen LogP contribution is 2.15. The van der Waals surface area contributed by atoms with Crippen molar-refractivity contribution < 1.29 is 18.3 Å². The maximum atomic E-state index is 13.1. The maximum absolute atomic E-state index is 13.1. The molecule has 0 saturated heterocycles. The highest BCUT2D eigenvalue weighted by Gasteiger charge is 2.16. The Bertz CT molecular complexity index is 821. The molecule has 0 N–H and O–H groups in total. The summed E-state index contributed by atoms with van der Waals surface area (Å²) in [5, 5.41) is 0.0602. The average Bonchev–Trinajstić information content (AvgIpc) is 2.43. The first-order chi connectivity index (χ1) is 10.7. The molecule has 1 amide bonds. The molecule has 0 fully saturated rings. The van der Waals surface area contributed by atoms with Crippen molar-refractivity contribution >= 4 is 23.2 Å². The first-order valence-corrected chi connectivity index (χ1v) is 7.03. The van der Waals surface area contributed by atoms with Gasteiger partial charge in [-0.15, -0.1) is 0 Å². The standard InChI is InChI=1S/C16H17FN2O4/c1-9(8-18-15(21)23-16(2,3)4)13-19-12-6-5-10(17)7-11(12)14(20)22-13/h5-9H,1-4H3. The van der Waals surface area contributed by atoms with E-state index in [0.29, 0.717) is 5.52 Å². The fraction of sp³-hybridized carbons (Fsp3) is 0.375. The lowest BCUT2D eigenvalue weighted by Gasteiger charge is -2.17. The van der Waals surface area contributed by atoms with Crippen molar-refractivity contribution in [2.24, 2.45) is 4.99 Å². The lowest BCUT2D eigenvalue weighted by molar-refractivity contribution is 0.0604. The van der Waals surface area contributed by atoms with E-state index in [1.54, 1.807) is 27.7 Å². The number of benzene rings is 1. The highest BCUT2D eigenvalue weighted by molar-refractivity contribution is 5.82. The van der Waals surface area contributed by atoms with Crippen LogP contribution in [0.5, 0.6) is 0 Å². The molecule has 0 spiro atoms. The van der Waals surface area contributed by atoms with E-state index >= 15 is 0 Å². The fourth-order valence-corrected chi connectivity index (χ4v) is 1.78. The molecular formula is C16H17FN2O4. The summed E-state index contributed by atoms with van der Waals surface area (Å²) in [5.74, 6) is -0.982. The van der Waals surface area contributed by atoms with Gasteiger partial charge in [0.15, 0.2) is 0 Å². The topological polar surface area (TPSA) is 81.8 Å². The van der Waals surface area contributed by atoms with E-state index < -0.39 is 29.1 Å². The molecule has 2 rings (SSSR count). The molecule has 1 aromatic heterocycles. The molecule has 6 nitrogen and oxygen atoms in total. The third-order valence-electron chi connectivity index (χ3n) is 2.79. The van der Waals surface area contributed by atoms with Gasteiger partial charge in [-0.3, -0.25) is 0 Å².